The van der Waals surface area contributed by atoms with E-state index in [2.05, 4.69) is 15.3 Å². The Bertz CT molecular complexity index is 1120. The summed E-state index contributed by atoms with van der Waals surface area (Å²) < 4.78 is 39.1. The normalized spacial score (nSPS) is 18.5. The quantitative estimate of drug-likeness (QED) is 0.534. The highest BCUT2D eigenvalue weighted by molar-refractivity contribution is 5.95. The largest absolute Gasteiger partial charge is 0.416 e. The van der Waals surface area contributed by atoms with Crippen LogP contribution < -0.4 is 5.32 Å². The van der Waals surface area contributed by atoms with Crippen molar-refractivity contribution < 1.29 is 23.1 Å². The molecular formula is C26H26F3N3O2. The van der Waals surface area contributed by atoms with E-state index >= 15 is 0 Å². The summed E-state index contributed by atoms with van der Waals surface area (Å²) in [7, 11) is 0. The second-order valence-corrected chi connectivity index (χ2v) is 8.59. The zero-order chi connectivity index (χ0) is 24.1. The molecule has 1 fully saturated rings. The van der Waals surface area contributed by atoms with Crippen LogP contribution in [0.15, 0.2) is 61.1 Å². The first-order valence-corrected chi connectivity index (χ1v) is 11.4. The fraction of sp³-hybridized carbons (Fsp3) is 0.346. The smallest absolute Gasteiger partial charge is 0.391 e. The zero-order valence-corrected chi connectivity index (χ0v) is 18.6. The Balaban J connectivity index is 1.62. The maximum Gasteiger partial charge on any atom is 0.416 e. The second-order valence-electron chi connectivity index (χ2n) is 8.59. The Labute approximate surface area is 196 Å². The number of nitrogens with one attached hydrogen (secondary N) is 1. The minimum atomic E-state index is -4.43. The van der Waals surface area contributed by atoms with Crippen LogP contribution in [-0.4, -0.2) is 33.1 Å². The number of hydrogen-bond donors (Lipinski definition) is 2. The van der Waals surface area contributed by atoms with Gasteiger partial charge in [-0.25, -0.2) is 0 Å². The van der Waals surface area contributed by atoms with Crippen LogP contribution in [0, 0.1) is 0 Å². The van der Waals surface area contributed by atoms with Crippen molar-refractivity contribution in [3.8, 4) is 11.1 Å². The number of aliphatic hydroxyl groups excluding tert-OH is 1. The minimum Gasteiger partial charge on any atom is -0.391 e. The highest BCUT2D eigenvalue weighted by Gasteiger charge is 2.30. The van der Waals surface area contributed by atoms with Gasteiger partial charge < -0.3 is 10.4 Å². The predicted octanol–water partition coefficient (Wildman–Crippen LogP) is 4.98. The van der Waals surface area contributed by atoms with Crippen LogP contribution in [0.2, 0.25) is 0 Å². The number of carbonyl (C=O) groups excluding carboxylic acids is 1. The number of carbonyl (C=O) groups is 1. The van der Waals surface area contributed by atoms with Crippen molar-refractivity contribution in [2.45, 2.75) is 56.8 Å². The van der Waals surface area contributed by atoms with Gasteiger partial charge in [0, 0.05) is 29.8 Å². The van der Waals surface area contributed by atoms with Crippen LogP contribution >= 0.6 is 0 Å². The number of benzene rings is 1. The molecular weight excluding hydrogens is 443 g/mol. The van der Waals surface area contributed by atoms with Crippen molar-refractivity contribution in [1.82, 2.24) is 15.3 Å². The van der Waals surface area contributed by atoms with Crippen molar-refractivity contribution in [3.63, 3.8) is 0 Å². The standard InChI is InChI=1S/C26H26F3N3O2/c27-26(28,29)20-10-8-18(9-11-20)21-14-19(25(34)32-23-5-1-2-6-24(23)33)16-31-22(21)12-7-17-4-3-13-30-15-17/h3-4,8-11,13-16,23-24,33H,1-2,5-7,12H2,(H,32,34). The molecule has 8 heteroatoms. The SMILES string of the molecule is O=C(NC1CCCCC1O)c1cnc(CCc2cccnc2)c(-c2ccc(C(F)(F)F)cc2)c1. The maximum absolute atomic E-state index is 13.0. The number of hydrogen-bond acceptors (Lipinski definition) is 4. The highest BCUT2D eigenvalue weighted by Crippen LogP contribution is 2.32. The van der Waals surface area contributed by atoms with Crippen molar-refractivity contribution in [1.29, 1.82) is 0 Å². The van der Waals surface area contributed by atoms with Crippen molar-refractivity contribution in [2.24, 2.45) is 0 Å². The molecule has 0 saturated heterocycles. The van der Waals surface area contributed by atoms with E-state index in [1.807, 2.05) is 12.1 Å². The predicted molar refractivity (Wildman–Crippen MR) is 122 cm³/mol. The van der Waals surface area contributed by atoms with Gasteiger partial charge in [-0.05, 0) is 61.1 Å². The summed E-state index contributed by atoms with van der Waals surface area (Å²) in [6.07, 6.45) is 4.31. The molecule has 3 aromatic rings. The van der Waals surface area contributed by atoms with E-state index in [1.54, 1.807) is 18.5 Å². The summed E-state index contributed by atoms with van der Waals surface area (Å²) in [5.74, 6) is -0.356. The molecule has 1 aliphatic carbocycles. The van der Waals surface area contributed by atoms with E-state index in [0.717, 1.165) is 30.5 Å². The van der Waals surface area contributed by atoms with Crippen molar-refractivity contribution in [2.75, 3.05) is 0 Å². The first-order valence-electron chi connectivity index (χ1n) is 11.4. The number of rotatable bonds is 6. The third-order valence-electron chi connectivity index (χ3n) is 6.17. The van der Waals surface area contributed by atoms with Crippen LogP contribution in [0.25, 0.3) is 11.1 Å². The molecule has 0 spiro atoms. The van der Waals surface area contributed by atoms with E-state index in [-0.39, 0.29) is 11.9 Å². The summed E-state index contributed by atoms with van der Waals surface area (Å²) >= 11 is 0. The Hall–Kier alpha value is -3.26. The monoisotopic (exact) mass is 469 g/mol. The van der Waals surface area contributed by atoms with Gasteiger partial charge in [-0.2, -0.15) is 13.2 Å². The summed E-state index contributed by atoms with van der Waals surface area (Å²) in [6.45, 7) is 0. The second kappa shape index (κ2) is 10.3. The van der Waals surface area contributed by atoms with Gasteiger partial charge in [-0.3, -0.25) is 14.8 Å². The van der Waals surface area contributed by atoms with Gasteiger partial charge in [0.05, 0.1) is 23.3 Å². The molecule has 0 radical (unpaired) electrons. The maximum atomic E-state index is 13.0. The van der Waals surface area contributed by atoms with Gasteiger partial charge in [0.2, 0.25) is 0 Å². The first kappa shape index (κ1) is 23.9. The van der Waals surface area contributed by atoms with E-state index in [9.17, 15) is 23.1 Å². The third-order valence-corrected chi connectivity index (χ3v) is 6.17. The molecule has 5 nitrogen and oxygen atoms in total. The lowest BCUT2D eigenvalue weighted by Crippen LogP contribution is -2.45. The van der Waals surface area contributed by atoms with Crippen LogP contribution in [0.5, 0.6) is 0 Å². The average Bonchev–Trinajstić information content (AvgIpc) is 2.84. The Morgan fingerprint density at radius 3 is 2.50 bits per heavy atom. The summed E-state index contributed by atoms with van der Waals surface area (Å²) in [5.41, 5.74) is 2.41. The van der Waals surface area contributed by atoms with E-state index < -0.39 is 17.8 Å². The van der Waals surface area contributed by atoms with Gasteiger partial charge in [-0.15, -0.1) is 0 Å². The number of nitrogens with zero attached hydrogens (tertiary/aromatic N) is 2. The first-order chi connectivity index (χ1) is 16.3. The van der Waals surface area contributed by atoms with Crippen LogP contribution in [0.4, 0.5) is 13.2 Å². The summed E-state index contributed by atoms with van der Waals surface area (Å²) in [5, 5.41) is 13.1. The molecule has 2 aromatic heterocycles. The molecule has 2 atom stereocenters. The number of amides is 1. The lowest BCUT2D eigenvalue weighted by molar-refractivity contribution is -0.137. The topological polar surface area (TPSA) is 75.1 Å². The molecule has 2 heterocycles. The highest BCUT2D eigenvalue weighted by atomic mass is 19.4. The lowest BCUT2D eigenvalue weighted by Gasteiger charge is -2.28. The summed E-state index contributed by atoms with van der Waals surface area (Å²) in [4.78, 5) is 21.5. The number of aromatic nitrogens is 2. The van der Waals surface area contributed by atoms with Gasteiger partial charge in [0.1, 0.15) is 0 Å². The molecule has 1 aromatic carbocycles. The van der Waals surface area contributed by atoms with E-state index in [4.69, 9.17) is 0 Å². The van der Waals surface area contributed by atoms with E-state index in [0.29, 0.717) is 48.1 Å². The van der Waals surface area contributed by atoms with Crippen LogP contribution in [0.1, 0.15) is 52.9 Å². The summed E-state index contributed by atoms with van der Waals surface area (Å²) in [6, 6.07) is 10.0. The molecule has 178 valence electrons. The molecule has 34 heavy (non-hydrogen) atoms. The Kier molecular flexibility index (Phi) is 7.26. The number of halogens is 3. The van der Waals surface area contributed by atoms with Gasteiger partial charge >= 0.3 is 6.18 Å². The molecule has 2 N–H and O–H groups in total. The molecule has 1 amide bonds. The van der Waals surface area contributed by atoms with Crippen LogP contribution in [-0.2, 0) is 19.0 Å². The van der Waals surface area contributed by atoms with Crippen molar-refractivity contribution in [3.05, 3.63) is 83.4 Å². The van der Waals surface area contributed by atoms with Crippen LogP contribution in [0.3, 0.4) is 0 Å². The number of alkyl halides is 3. The van der Waals surface area contributed by atoms with Crippen molar-refractivity contribution >= 4 is 5.91 Å². The Morgan fingerprint density at radius 1 is 1.06 bits per heavy atom. The van der Waals surface area contributed by atoms with Gasteiger partial charge in [0.25, 0.3) is 5.91 Å². The average molecular weight is 470 g/mol. The number of aliphatic hydroxyl groups is 1. The molecule has 0 aliphatic heterocycles. The molecule has 4 rings (SSSR count). The molecule has 1 aliphatic rings. The molecule has 0 bridgehead atoms. The molecule has 2 unspecified atom stereocenters. The van der Waals surface area contributed by atoms with Gasteiger partial charge in [-0.1, -0.05) is 31.0 Å². The third kappa shape index (κ3) is 5.80. The number of pyridine rings is 2. The van der Waals surface area contributed by atoms with Gasteiger partial charge in [0.15, 0.2) is 0 Å². The fourth-order valence-corrected chi connectivity index (χ4v) is 4.25. The zero-order valence-electron chi connectivity index (χ0n) is 18.6. The van der Waals surface area contributed by atoms with E-state index in [1.165, 1.54) is 18.3 Å². The molecule has 1 saturated carbocycles. The minimum absolute atomic E-state index is 0.304. The number of aryl methyl sites for hydroxylation is 2. The lowest BCUT2D eigenvalue weighted by atomic mass is 9.92. The fourth-order valence-electron chi connectivity index (χ4n) is 4.25. The Morgan fingerprint density at radius 2 is 1.82 bits per heavy atom.